The Hall–Kier alpha value is -2.22. The summed E-state index contributed by atoms with van der Waals surface area (Å²) in [5.74, 6) is 1.30. The first kappa shape index (κ1) is 14.8. The van der Waals surface area contributed by atoms with E-state index in [-0.39, 0.29) is 12.3 Å². The summed E-state index contributed by atoms with van der Waals surface area (Å²) in [7, 11) is 3.23. The number of amides is 1. The smallest absolute Gasteiger partial charge is 0.234 e. The number of methoxy groups -OCH3 is 2. The summed E-state index contributed by atoms with van der Waals surface area (Å²) in [6.45, 7) is 2.41. The maximum atomic E-state index is 11.2. The summed E-state index contributed by atoms with van der Waals surface area (Å²) < 4.78 is 10.6. The first-order valence-electron chi connectivity index (χ1n) is 5.97. The molecule has 1 aromatic carbocycles. The van der Waals surface area contributed by atoms with Gasteiger partial charge in [-0.05, 0) is 36.6 Å². The monoisotopic (exact) mass is 262 g/mol. The molecule has 0 saturated carbocycles. The summed E-state index contributed by atoms with van der Waals surface area (Å²) in [6, 6.07) is 5.62. The average Bonchev–Trinajstić information content (AvgIpc) is 2.40. The second-order valence-corrected chi connectivity index (χ2v) is 4.07. The number of ether oxygens (including phenoxy) is 2. The summed E-state index contributed by atoms with van der Waals surface area (Å²) in [4.78, 5) is 11.2. The lowest BCUT2D eigenvalue weighted by molar-refractivity contribution is -0.120. The summed E-state index contributed by atoms with van der Waals surface area (Å²) >= 11 is 0. The molecule has 0 aliphatic heterocycles. The van der Waals surface area contributed by atoms with E-state index >= 15 is 0 Å². The van der Waals surface area contributed by atoms with Crippen molar-refractivity contribution < 1.29 is 14.3 Å². The predicted molar refractivity (Wildman–Crippen MR) is 71.2 cm³/mol. The van der Waals surface area contributed by atoms with E-state index in [0.717, 1.165) is 22.6 Å². The van der Waals surface area contributed by atoms with E-state index in [9.17, 15) is 4.79 Å². The standard InChI is InChI=1S/C14H18N2O3/c1-10-8-13(19-3)11(9-12(10)18-2)5-7-16-14(17)4-6-15/h8-9H,4-5,7H2,1-3H3,(H,16,17). The molecule has 0 aliphatic carbocycles. The Morgan fingerprint density at radius 1 is 1.32 bits per heavy atom. The Kier molecular flexibility index (Phi) is 5.68. The molecule has 0 fully saturated rings. The maximum absolute atomic E-state index is 11.2. The Morgan fingerprint density at radius 3 is 2.58 bits per heavy atom. The molecule has 5 nitrogen and oxygen atoms in total. The summed E-state index contributed by atoms with van der Waals surface area (Å²) in [5, 5.41) is 11.1. The molecule has 0 bridgehead atoms. The van der Waals surface area contributed by atoms with Gasteiger partial charge in [-0.25, -0.2) is 0 Å². The summed E-state index contributed by atoms with van der Waals surface area (Å²) in [5.41, 5.74) is 1.96. The van der Waals surface area contributed by atoms with Crippen molar-refractivity contribution >= 4 is 5.91 Å². The zero-order chi connectivity index (χ0) is 14.3. The molecule has 0 aliphatic rings. The van der Waals surface area contributed by atoms with Crippen LogP contribution in [0.5, 0.6) is 11.5 Å². The number of aryl methyl sites for hydroxylation is 1. The number of hydrogen-bond acceptors (Lipinski definition) is 4. The van der Waals surface area contributed by atoms with Crippen LogP contribution in [0.4, 0.5) is 0 Å². The van der Waals surface area contributed by atoms with Gasteiger partial charge in [-0.1, -0.05) is 0 Å². The van der Waals surface area contributed by atoms with E-state index in [1.807, 2.05) is 25.1 Å². The summed E-state index contributed by atoms with van der Waals surface area (Å²) in [6.07, 6.45) is 0.505. The quantitative estimate of drug-likeness (QED) is 0.845. The number of nitriles is 1. The first-order chi connectivity index (χ1) is 9.12. The van der Waals surface area contributed by atoms with E-state index in [4.69, 9.17) is 14.7 Å². The second kappa shape index (κ2) is 7.27. The van der Waals surface area contributed by atoms with Crippen LogP contribution >= 0.6 is 0 Å². The molecule has 0 saturated heterocycles. The zero-order valence-electron chi connectivity index (χ0n) is 11.4. The number of nitrogens with zero attached hydrogens (tertiary/aromatic N) is 1. The largest absolute Gasteiger partial charge is 0.496 e. The van der Waals surface area contributed by atoms with Gasteiger partial charge in [0.25, 0.3) is 0 Å². The fraction of sp³-hybridized carbons (Fsp3) is 0.429. The lowest BCUT2D eigenvalue weighted by Crippen LogP contribution is -2.25. The Labute approximate surface area is 113 Å². The molecular formula is C14H18N2O3. The molecule has 102 valence electrons. The molecule has 1 N–H and O–H groups in total. The first-order valence-corrected chi connectivity index (χ1v) is 5.97. The highest BCUT2D eigenvalue weighted by Gasteiger charge is 2.09. The van der Waals surface area contributed by atoms with E-state index in [1.165, 1.54) is 0 Å². The third-order valence-electron chi connectivity index (χ3n) is 2.75. The van der Waals surface area contributed by atoms with Gasteiger partial charge in [0.2, 0.25) is 5.91 Å². The molecule has 19 heavy (non-hydrogen) atoms. The Bertz CT molecular complexity index is 492. The number of nitrogens with one attached hydrogen (secondary N) is 1. The van der Waals surface area contributed by atoms with Gasteiger partial charge in [0.05, 0.1) is 20.3 Å². The van der Waals surface area contributed by atoms with Crippen LogP contribution in [0.2, 0.25) is 0 Å². The highest BCUT2D eigenvalue weighted by molar-refractivity contribution is 5.77. The third kappa shape index (κ3) is 4.18. The van der Waals surface area contributed by atoms with E-state index in [1.54, 1.807) is 14.2 Å². The number of rotatable bonds is 6. The maximum Gasteiger partial charge on any atom is 0.234 e. The van der Waals surface area contributed by atoms with Gasteiger partial charge in [0, 0.05) is 6.54 Å². The second-order valence-electron chi connectivity index (χ2n) is 4.07. The van der Waals surface area contributed by atoms with Crippen molar-refractivity contribution in [2.24, 2.45) is 0 Å². The molecule has 0 atom stereocenters. The van der Waals surface area contributed by atoms with Crippen LogP contribution in [0, 0.1) is 18.3 Å². The molecule has 1 aromatic rings. The van der Waals surface area contributed by atoms with Crippen LogP contribution in [-0.2, 0) is 11.2 Å². The molecule has 0 aromatic heterocycles. The van der Waals surface area contributed by atoms with Crippen LogP contribution in [0.15, 0.2) is 12.1 Å². The zero-order valence-corrected chi connectivity index (χ0v) is 11.4. The SMILES string of the molecule is COc1cc(CCNC(=O)CC#N)c(OC)cc1C. The highest BCUT2D eigenvalue weighted by atomic mass is 16.5. The van der Waals surface area contributed by atoms with Gasteiger partial charge in [-0.2, -0.15) is 5.26 Å². The molecule has 5 heteroatoms. The Balaban J connectivity index is 2.72. The van der Waals surface area contributed by atoms with Gasteiger partial charge in [0.15, 0.2) is 0 Å². The minimum Gasteiger partial charge on any atom is -0.496 e. The van der Waals surface area contributed by atoms with Crippen molar-refractivity contribution in [2.45, 2.75) is 19.8 Å². The molecular weight excluding hydrogens is 244 g/mol. The molecule has 1 amide bonds. The predicted octanol–water partition coefficient (Wildman–Crippen LogP) is 1.58. The molecule has 0 radical (unpaired) electrons. The fourth-order valence-electron chi connectivity index (χ4n) is 1.78. The van der Waals surface area contributed by atoms with Crippen molar-refractivity contribution in [1.82, 2.24) is 5.32 Å². The molecule has 0 heterocycles. The highest BCUT2D eigenvalue weighted by Crippen LogP contribution is 2.28. The fourth-order valence-corrected chi connectivity index (χ4v) is 1.78. The van der Waals surface area contributed by atoms with Crippen molar-refractivity contribution in [3.8, 4) is 17.6 Å². The van der Waals surface area contributed by atoms with Crippen molar-refractivity contribution in [3.63, 3.8) is 0 Å². The van der Waals surface area contributed by atoms with Crippen molar-refractivity contribution in [1.29, 1.82) is 5.26 Å². The van der Waals surface area contributed by atoms with Crippen LogP contribution in [0.1, 0.15) is 17.5 Å². The van der Waals surface area contributed by atoms with Gasteiger partial charge in [-0.3, -0.25) is 4.79 Å². The van der Waals surface area contributed by atoms with Crippen LogP contribution in [0.25, 0.3) is 0 Å². The number of carbonyl (C=O) groups is 1. The minimum absolute atomic E-state index is 0.117. The van der Waals surface area contributed by atoms with E-state index in [2.05, 4.69) is 5.32 Å². The lowest BCUT2D eigenvalue weighted by Gasteiger charge is -2.13. The van der Waals surface area contributed by atoms with Crippen LogP contribution in [-0.4, -0.2) is 26.7 Å². The minimum atomic E-state index is -0.263. The van der Waals surface area contributed by atoms with Crippen LogP contribution < -0.4 is 14.8 Å². The van der Waals surface area contributed by atoms with Gasteiger partial charge in [-0.15, -0.1) is 0 Å². The molecule has 0 spiro atoms. The van der Waals surface area contributed by atoms with Crippen molar-refractivity contribution in [2.75, 3.05) is 20.8 Å². The Morgan fingerprint density at radius 2 is 2.00 bits per heavy atom. The molecule has 0 unspecified atom stereocenters. The van der Waals surface area contributed by atoms with E-state index in [0.29, 0.717) is 13.0 Å². The third-order valence-corrected chi connectivity index (χ3v) is 2.75. The lowest BCUT2D eigenvalue weighted by atomic mass is 10.1. The van der Waals surface area contributed by atoms with Gasteiger partial charge < -0.3 is 14.8 Å². The topological polar surface area (TPSA) is 71.3 Å². The van der Waals surface area contributed by atoms with E-state index < -0.39 is 0 Å². The van der Waals surface area contributed by atoms with Gasteiger partial charge >= 0.3 is 0 Å². The number of carbonyl (C=O) groups excluding carboxylic acids is 1. The number of benzene rings is 1. The normalized spacial score (nSPS) is 9.58. The number of hydrogen-bond donors (Lipinski definition) is 1. The van der Waals surface area contributed by atoms with Gasteiger partial charge in [0.1, 0.15) is 17.9 Å². The van der Waals surface area contributed by atoms with Crippen LogP contribution in [0.3, 0.4) is 0 Å². The van der Waals surface area contributed by atoms with Crippen molar-refractivity contribution in [3.05, 3.63) is 23.3 Å². The molecule has 1 rings (SSSR count). The average molecular weight is 262 g/mol.